The van der Waals surface area contributed by atoms with Gasteiger partial charge in [-0.25, -0.2) is 9.69 Å². The summed E-state index contributed by atoms with van der Waals surface area (Å²) < 4.78 is 6.37. The number of amides is 5. The first-order valence-corrected chi connectivity index (χ1v) is 11.4. The van der Waals surface area contributed by atoms with Crippen LogP contribution in [-0.4, -0.2) is 30.4 Å². The van der Waals surface area contributed by atoms with Gasteiger partial charge in [-0.15, -0.1) is 0 Å². The van der Waals surface area contributed by atoms with Crippen molar-refractivity contribution in [2.75, 3.05) is 16.8 Å². The normalized spacial score (nSPS) is 14.6. The van der Waals surface area contributed by atoms with Crippen molar-refractivity contribution in [2.24, 2.45) is 0 Å². The van der Waals surface area contributed by atoms with Crippen molar-refractivity contribution in [3.8, 4) is 5.75 Å². The summed E-state index contributed by atoms with van der Waals surface area (Å²) in [7, 11) is 0. The number of nitrogens with one attached hydrogen (secondary N) is 2. The molecule has 0 atom stereocenters. The minimum absolute atomic E-state index is 0.249. The van der Waals surface area contributed by atoms with Crippen molar-refractivity contribution in [1.82, 2.24) is 5.32 Å². The van der Waals surface area contributed by atoms with Crippen molar-refractivity contribution < 1.29 is 23.9 Å². The van der Waals surface area contributed by atoms with E-state index in [1.807, 2.05) is 25.1 Å². The summed E-state index contributed by atoms with van der Waals surface area (Å²) >= 11 is 3.37. The second kappa shape index (κ2) is 10.4. The van der Waals surface area contributed by atoms with Crippen molar-refractivity contribution in [1.29, 1.82) is 0 Å². The van der Waals surface area contributed by atoms with Crippen LogP contribution in [0, 0.1) is 6.92 Å². The predicted molar refractivity (Wildman–Crippen MR) is 135 cm³/mol. The molecule has 9 heteroatoms. The summed E-state index contributed by atoms with van der Waals surface area (Å²) in [5.74, 6) is -1.68. The maximum Gasteiger partial charge on any atom is 0.335 e. The minimum Gasteiger partial charge on any atom is -0.483 e. The molecule has 0 saturated carbocycles. The van der Waals surface area contributed by atoms with Gasteiger partial charge >= 0.3 is 6.03 Å². The van der Waals surface area contributed by atoms with Crippen molar-refractivity contribution in [2.45, 2.75) is 6.92 Å². The highest BCUT2D eigenvalue weighted by Gasteiger charge is 2.36. The molecule has 1 saturated heterocycles. The Bertz CT molecular complexity index is 1350. The molecule has 0 unspecified atom stereocenters. The van der Waals surface area contributed by atoms with Crippen molar-refractivity contribution >= 4 is 57.1 Å². The number of carbonyl (C=O) groups is 4. The van der Waals surface area contributed by atoms with Crippen LogP contribution in [0.25, 0.3) is 6.08 Å². The molecule has 0 spiro atoms. The Morgan fingerprint density at radius 2 is 1.80 bits per heavy atom. The molecule has 1 aliphatic rings. The zero-order valence-corrected chi connectivity index (χ0v) is 20.2. The van der Waals surface area contributed by atoms with E-state index in [1.54, 1.807) is 54.6 Å². The van der Waals surface area contributed by atoms with Gasteiger partial charge in [0.2, 0.25) is 0 Å². The van der Waals surface area contributed by atoms with Crippen LogP contribution in [0.2, 0.25) is 0 Å². The van der Waals surface area contributed by atoms with E-state index in [0.717, 1.165) is 10.5 Å². The van der Waals surface area contributed by atoms with Crippen LogP contribution in [-0.2, 0) is 14.4 Å². The summed E-state index contributed by atoms with van der Waals surface area (Å²) in [5.41, 5.74) is 2.10. The second-order valence-corrected chi connectivity index (χ2v) is 8.60. The van der Waals surface area contributed by atoms with E-state index in [0.29, 0.717) is 21.4 Å². The molecule has 4 rings (SSSR count). The van der Waals surface area contributed by atoms with E-state index in [2.05, 4.69) is 26.6 Å². The fourth-order valence-electron chi connectivity index (χ4n) is 3.45. The molecule has 2 N–H and O–H groups in total. The quantitative estimate of drug-likeness (QED) is 0.360. The Hall–Kier alpha value is -4.24. The Morgan fingerprint density at radius 3 is 2.54 bits per heavy atom. The number of benzene rings is 3. The van der Waals surface area contributed by atoms with Gasteiger partial charge in [0.25, 0.3) is 17.7 Å². The van der Waals surface area contributed by atoms with Crippen LogP contribution in [0.5, 0.6) is 5.75 Å². The van der Waals surface area contributed by atoms with Crippen LogP contribution in [0.3, 0.4) is 0 Å². The summed E-state index contributed by atoms with van der Waals surface area (Å²) in [6.45, 7) is 1.63. The first kappa shape index (κ1) is 23.9. The molecule has 176 valence electrons. The molecule has 1 fully saturated rings. The highest BCUT2D eigenvalue weighted by Crippen LogP contribution is 2.28. The Kier molecular flexibility index (Phi) is 7.07. The molecular formula is C26H20BrN3O5. The zero-order chi connectivity index (χ0) is 24.9. The number of aryl methyl sites for hydroxylation is 1. The molecule has 0 aromatic heterocycles. The predicted octanol–water partition coefficient (Wildman–Crippen LogP) is 4.44. The topological polar surface area (TPSA) is 105 Å². The van der Waals surface area contributed by atoms with E-state index >= 15 is 0 Å². The van der Waals surface area contributed by atoms with E-state index in [9.17, 15) is 19.2 Å². The van der Waals surface area contributed by atoms with Crippen LogP contribution in [0.1, 0.15) is 11.1 Å². The number of para-hydroxylation sites is 1. The number of halogens is 1. The maximum absolute atomic E-state index is 13.1. The molecule has 35 heavy (non-hydrogen) atoms. The van der Waals surface area contributed by atoms with Gasteiger partial charge in [0.15, 0.2) is 6.61 Å². The van der Waals surface area contributed by atoms with Crippen LogP contribution >= 0.6 is 15.9 Å². The molecule has 1 aliphatic heterocycles. The lowest BCUT2D eigenvalue weighted by atomic mass is 10.1. The van der Waals surface area contributed by atoms with Gasteiger partial charge in [0.05, 0.1) is 5.69 Å². The first-order valence-electron chi connectivity index (χ1n) is 10.6. The van der Waals surface area contributed by atoms with E-state index in [4.69, 9.17) is 4.74 Å². The number of ether oxygens (including phenoxy) is 1. The summed E-state index contributed by atoms with van der Waals surface area (Å²) in [6.07, 6.45) is 1.33. The third-order valence-electron chi connectivity index (χ3n) is 5.05. The molecule has 5 amide bonds. The number of carbonyl (C=O) groups excluding carboxylic acids is 4. The lowest BCUT2D eigenvalue weighted by molar-refractivity contribution is -0.122. The van der Waals surface area contributed by atoms with Gasteiger partial charge in [-0.3, -0.25) is 19.7 Å². The number of rotatable bonds is 6. The summed E-state index contributed by atoms with van der Waals surface area (Å²) in [4.78, 5) is 51.3. The number of imide groups is 2. The lowest BCUT2D eigenvalue weighted by Gasteiger charge is -2.26. The van der Waals surface area contributed by atoms with Crippen LogP contribution in [0.15, 0.2) is 82.8 Å². The van der Waals surface area contributed by atoms with Gasteiger partial charge < -0.3 is 10.1 Å². The largest absolute Gasteiger partial charge is 0.483 e. The SMILES string of the molecule is Cc1cccc(NC(=O)COc2ccc(Br)cc2/C=C2\C(=O)NC(=O)N(c3ccccc3)C2=O)c1. The third kappa shape index (κ3) is 5.64. The van der Waals surface area contributed by atoms with Crippen molar-refractivity contribution in [3.05, 3.63) is 94.0 Å². The minimum atomic E-state index is -0.832. The van der Waals surface area contributed by atoms with E-state index in [1.165, 1.54) is 6.08 Å². The molecular weight excluding hydrogens is 514 g/mol. The Morgan fingerprint density at radius 1 is 1.03 bits per heavy atom. The van der Waals surface area contributed by atoms with E-state index in [-0.39, 0.29) is 23.8 Å². The Labute approximate surface area is 209 Å². The third-order valence-corrected chi connectivity index (χ3v) is 5.54. The summed E-state index contributed by atoms with van der Waals surface area (Å²) in [5, 5.41) is 4.94. The maximum atomic E-state index is 13.1. The first-order chi connectivity index (χ1) is 16.8. The number of urea groups is 1. The molecule has 8 nitrogen and oxygen atoms in total. The van der Waals surface area contributed by atoms with Gasteiger partial charge in [-0.2, -0.15) is 0 Å². The van der Waals surface area contributed by atoms with Crippen molar-refractivity contribution in [3.63, 3.8) is 0 Å². The number of nitrogens with zero attached hydrogens (tertiary/aromatic N) is 1. The van der Waals surface area contributed by atoms with E-state index < -0.39 is 17.8 Å². The standard InChI is InChI=1S/C26H20BrN3O5/c1-16-6-5-7-19(12-16)28-23(31)15-35-22-11-10-18(27)13-17(22)14-21-24(32)29-26(34)30(25(21)33)20-8-3-2-4-9-20/h2-14H,15H2,1H3,(H,28,31)(H,29,32,34)/b21-14+. The molecule has 0 aliphatic carbocycles. The number of hydrogen-bond acceptors (Lipinski definition) is 5. The molecule has 0 radical (unpaired) electrons. The van der Waals surface area contributed by atoms with Gasteiger partial charge in [-0.1, -0.05) is 46.3 Å². The average Bonchev–Trinajstić information content (AvgIpc) is 2.82. The van der Waals surface area contributed by atoms with Crippen LogP contribution in [0.4, 0.5) is 16.2 Å². The zero-order valence-electron chi connectivity index (χ0n) is 18.6. The Balaban J connectivity index is 1.57. The monoisotopic (exact) mass is 533 g/mol. The molecule has 3 aromatic rings. The molecule has 1 heterocycles. The van der Waals surface area contributed by atoms with Gasteiger partial charge in [-0.05, 0) is 61.0 Å². The average molecular weight is 534 g/mol. The van der Waals surface area contributed by atoms with Gasteiger partial charge in [0, 0.05) is 15.7 Å². The fraction of sp³-hybridized carbons (Fsp3) is 0.0769. The smallest absolute Gasteiger partial charge is 0.335 e. The highest BCUT2D eigenvalue weighted by molar-refractivity contribution is 9.10. The summed E-state index contributed by atoms with van der Waals surface area (Å²) in [6, 6.07) is 19.8. The highest BCUT2D eigenvalue weighted by atomic mass is 79.9. The van der Waals surface area contributed by atoms with Gasteiger partial charge in [0.1, 0.15) is 11.3 Å². The number of barbiturate groups is 1. The number of anilines is 2. The number of hydrogen-bond donors (Lipinski definition) is 2. The van der Waals surface area contributed by atoms with Crippen LogP contribution < -0.4 is 20.3 Å². The molecule has 0 bridgehead atoms. The fourth-order valence-corrected chi connectivity index (χ4v) is 3.83. The molecule has 3 aromatic carbocycles. The lowest BCUT2D eigenvalue weighted by Crippen LogP contribution is -2.54. The second-order valence-electron chi connectivity index (χ2n) is 7.68.